The Morgan fingerprint density at radius 1 is 1.00 bits per heavy atom. The zero-order valence-electron chi connectivity index (χ0n) is 19.0. The third kappa shape index (κ3) is 6.06. The Bertz CT molecular complexity index is 1090. The zero-order chi connectivity index (χ0) is 23.2. The van der Waals surface area contributed by atoms with Crippen LogP contribution < -0.4 is 14.8 Å². The molecular formula is C27H29ClN2O3. The lowest BCUT2D eigenvalue weighted by molar-refractivity contribution is -0.119. The molecule has 4 rings (SSSR count). The number of nitrogens with one attached hydrogen (secondary N) is 1. The Morgan fingerprint density at radius 3 is 2.36 bits per heavy atom. The first-order chi connectivity index (χ1) is 16.0. The van der Waals surface area contributed by atoms with Crippen molar-refractivity contribution in [1.29, 1.82) is 0 Å². The monoisotopic (exact) mass is 464 g/mol. The molecule has 0 aromatic heterocycles. The molecule has 6 heteroatoms. The van der Waals surface area contributed by atoms with Crippen LogP contribution in [0.4, 0.5) is 0 Å². The van der Waals surface area contributed by atoms with E-state index >= 15 is 0 Å². The molecule has 1 amide bonds. The number of hydrogen-bond donors (Lipinski definition) is 1. The number of benzene rings is 3. The topological polar surface area (TPSA) is 50.8 Å². The maximum absolute atomic E-state index is 11.3. The molecule has 172 valence electrons. The van der Waals surface area contributed by atoms with Crippen molar-refractivity contribution in [2.45, 2.75) is 32.4 Å². The van der Waals surface area contributed by atoms with Crippen molar-refractivity contribution in [3.63, 3.8) is 0 Å². The number of carbonyl (C=O) groups is 1. The molecular weight excluding hydrogens is 436 g/mol. The summed E-state index contributed by atoms with van der Waals surface area (Å²) in [6.07, 6.45) is 1.93. The average Bonchev–Trinajstić information content (AvgIpc) is 2.81. The molecule has 3 aromatic carbocycles. The minimum atomic E-state index is 0.0457. The van der Waals surface area contributed by atoms with E-state index in [1.54, 1.807) is 14.0 Å². The Kier molecular flexibility index (Phi) is 7.53. The third-order valence-electron chi connectivity index (χ3n) is 5.89. The fourth-order valence-corrected chi connectivity index (χ4v) is 4.35. The van der Waals surface area contributed by atoms with E-state index in [2.05, 4.69) is 28.4 Å². The number of nitrogens with zero attached hydrogens (tertiary/aromatic N) is 1. The van der Waals surface area contributed by atoms with Crippen LogP contribution in [-0.2, 0) is 11.3 Å². The molecule has 0 spiro atoms. The van der Waals surface area contributed by atoms with Crippen molar-refractivity contribution in [3.8, 4) is 28.4 Å². The van der Waals surface area contributed by atoms with Gasteiger partial charge in [-0.1, -0.05) is 48.0 Å². The molecule has 3 aromatic rings. The molecule has 1 fully saturated rings. The van der Waals surface area contributed by atoms with Gasteiger partial charge in [0.1, 0.15) is 5.75 Å². The summed E-state index contributed by atoms with van der Waals surface area (Å²) in [6.45, 7) is 4.31. The maximum Gasteiger partial charge on any atom is 0.217 e. The normalized spacial score (nSPS) is 14.6. The second kappa shape index (κ2) is 10.7. The summed E-state index contributed by atoms with van der Waals surface area (Å²) in [7, 11) is 1.64. The number of likely N-dealkylation sites (tertiary alicyclic amines) is 1. The van der Waals surface area contributed by atoms with Gasteiger partial charge in [0.15, 0.2) is 11.5 Å². The van der Waals surface area contributed by atoms with E-state index in [-0.39, 0.29) is 11.9 Å². The van der Waals surface area contributed by atoms with Crippen LogP contribution in [0.3, 0.4) is 0 Å². The summed E-state index contributed by atoms with van der Waals surface area (Å²) >= 11 is 6.10. The van der Waals surface area contributed by atoms with Gasteiger partial charge in [0, 0.05) is 43.2 Å². The molecule has 0 atom stereocenters. The van der Waals surface area contributed by atoms with Gasteiger partial charge in [-0.05, 0) is 54.3 Å². The van der Waals surface area contributed by atoms with Crippen LogP contribution >= 0.6 is 11.6 Å². The SMILES string of the molecule is COc1ccccc1Oc1cc(CN2CCC(NC(C)=O)CC2)ccc1-c1ccc(Cl)cc1. The molecule has 1 N–H and O–H groups in total. The van der Waals surface area contributed by atoms with Gasteiger partial charge in [0.05, 0.1) is 7.11 Å². The van der Waals surface area contributed by atoms with Crippen LogP contribution in [0.15, 0.2) is 66.7 Å². The van der Waals surface area contributed by atoms with Crippen molar-refractivity contribution in [2.24, 2.45) is 0 Å². The predicted octanol–water partition coefficient (Wildman–Crippen LogP) is 5.91. The van der Waals surface area contributed by atoms with E-state index in [9.17, 15) is 4.79 Å². The summed E-state index contributed by atoms with van der Waals surface area (Å²) in [5.74, 6) is 2.17. The lowest BCUT2D eigenvalue weighted by Crippen LogP contribution is -2.43. The van der Waals surface area contributed by atoms with Crippen molar-refractivity contribution in [2.75, 3.05) is 20.2 Å². The van der Waals surface area contributed by atoms with E-state index in [4.69, 9.17) is 21.1 Å². The molecule has 0 radical (unpaired) electrons. The van der Waals surface area contributed by atoms with Gasteiger partial charge in [-0.25, -0.2) is 0 Å². The molecule has 1 aliphatic rings. The van der Waals surface area contributed by atoms with E-state index < -0.39 is 0 Å². The number of piperidine rings is 1. The van der Waals surface area contributed by atoms with Crippen LogP contribution in [-0.4, -0.2) is 37.0 Å². The average molecular weight is 465 g/mol. The summed E-state index contributed by atoms with van der Waals surface area (Å²) in [6, 6.07) is 22.1. The second-order valence-corrected chi connectivity index (χ2v) is 8.78. The number of rotatable bonds is 7. The summed E-state index contributed by atoms with van der Waals surface area (Å²) in [5.41, 5.74) is 3.20. The molecule has 0 aliphatic carbocycles. The molecule has 1 heterocycles. The lowest BCUT2D eigenvalue weighted by atomic mass is 10.0. The number of para-hydroxylation sites is 2. The van der Waals surface area contributed by atoms with Gasteiger partial charge in [-0.3, -0.25) is 9.69 Å². The van der Waals surface area contributed by atoms with Crippen LogP contribution in [0.2, 0.25) is 5.02 Å². The van der Waals surface area contributed by atoms with Crippen LogP contribution in [0.1, 0.15) is 25.3 Å². The van der Waals surface area contributed by atoms with Gasteiger partial charge in [0.25, 0.3) is 0 Å². The molecule has 0 bridgehead atoms. The highest BCUT2D eigenvalue weighted by Gasteiger charge is 2.20. The molecule has 0 saturated carbocycles. The van der Waals surface area contributed by atoms with E-state index in [0.717, 1.165) is 49.4 Å². The van der Waals surface area contributed by atoms with Crippen LogP contribution in [0.25, 0.3) is 11.1 Å². The molecule has 33 heavy (non-hydrogen) atoms. The maximum atomic E-state index is 11.3. The number of halogens is 1. The first-order valence-electron chi connectivity index (χ1n) is 11.2. The van der Waals surface area contributed by atoms with Crippen molar-refractivity contribution in [3.05, 3.63) is 77.3 Å². The predicted molar refractivity (Wildman–Crippen MR) is 132 cm³/mol. The molecule has 0 unspecified atom stereocenters. The molecule has 5 nitrogen and oxygen atoms in total. The van der Waals surface area contributed by atoms with E-state index in [0.29, 0.717) is 16.5 Å². The van der Waals surface area contributed by atoms with Crippen molar-refractivity contribution in [1.82, 2.24) is 10.2 Å². The van der Waals surface area contributed by atoms with E-state index in [1.165, 1.54) is 5.56 Å². The van der Waals surface area contributed by atoms with Gasteiger partial charge in [0.2, 0.25) is 5.91 Å². The Balaban J connectivity index is 1.57. The summed E-state index contributed by atoms with van der Waals surface area (Å²) in [5, 5.41) is 3.74. The fourth-order valence-electron chi connectivity index (χ4n) is 4.22. The number of hydrogen-bond acceptors (Lipinski definition) is 4. The smallest absolute Gasteiger partial charge is 0.217 e. The second-order valence-electron chi connectivity index (χ2n) is 8.34. The first-order valence-corrected chi connectivity index (χ1v) is 11.6. The summed E-state index contributed by atoms with van der Waals surface area (Å²) in [4.78, 5) is 13.7. The largest absolute Gasteiger partial charge is 0.493 e. The fraction of sp³-hybridized carbons (Fsp3) is 0.296. The van der Waals surface area contributed by atoms with Gasteiger partial charge < -0.3 is 14.8 Å². The number of methoxy groups -OCH3 is 1. The standard InChI is InChI=1S/C27H29ClN2O3/c1-19(31)29-23-13-15-30(16-14-23)18-20-7-12-24(21-8-10-22(28)11-9-21)27(17-20)33-26-6-4-3-5-25(26)32-2/h3-12,17,23H,13-16,18H2,1-2H3,(H,29,31). The lowest BCUT2D eigenvalue weighted by Gasteiger charge is -2.32. The first kappa shape index (κ1) is 23.1. The highest BCUT2D eigenvalue weighted by atomic mass is 35.5. The number of carbonyl (C=O) groups excluding carboxylic acids is 1. The Morgan fingerprint density at radius 2 is 1.70 bits per heavy atom. The van der Waals surface area contributed by atoms with Crippen LogP contribution in [0, 0.1) is 0 Å². The van der Waals surface area contributed by atoms with Gasteiger partial charge in [-0.2, -0.15) is 0 Å². The molecule has 1 saturated heterocycles. The van der Waals surface area contributed by atoms with Crippen molar-refractivity contribution >= 4 is 17.5 Å². The number of amides is 1. The Hall–Kier alpha value is -3.02. The minimum Gasteiger partial charge on any atom is -0.493 e. The van der Waals surface area contributed by atoms with E-state index in [1.807, 2.05) is 48.5 Å². The van der Waals surface area contributed by atoms with Gasteiger partial charge >= 0.3 is 0 Å². The number of ether oxygens (including phenoxy) is 2. The zero-order valence-corrected chi connectivity index (χ0v) is 19.8. The molecule has 1 aliphatic heterocycles. The Labute approximate surface area is 200 Å². The minimum absolute atomic E-state index is 0.0457. The quantitative estimate of drug-likeness (QED) is 0.472. The third-order valence-corrected chi connectivity index (χ3v) is 6.14. The highest BCUT2D eigenvalue weighted by Crippen LogP contribution is 2.38. The van der Waals surface area contributed by atoms with Crippen molar-refractivity contribution < 1.29 is 14.3 Å². The van der Waals surface area contributed by atoms with Gasteiger partial charge in [-0.15, -0.1) is 0 Å². The van der Waals surface area contributed by atoms with Crippen LogP contribution in [0.5, 0.6) is 17.2 Å². The summed E-state index contributed by atoms with van der Waals surface area (Å²) < 4.78 is 11.9. The highest BCUT2D eigenvalue weighted by molar-refractivity contribution is 6.30.